The second-order valence-corrected chi connectivity index (χ2v) is 11.8. The Hall–Kier alpha value is -3.53. The summed E-state index contributed by atoms with van der Waals surface area (Å²) < 4.78 is 8.35. The third kappa shape index (κ3) is 8.74. The van der Waals surface area contributed by atoms with Crippen molar-refractivity contribution in [1.82, 2.24) is 0 Å². The number of nitrogens with zero attached hydrogens (tertiary/aromatic N) is 2. The Balaban J connectivity index is 0.000000486. The zero-order chi connectivity index (χ0) is 31.4. The molecule has 0 amide bonds. The van der Waals surface area contributed by atoms with Gasteiger partial charge in [-0.3, -0.25) is 4.79 Å². The fourth-order valence-corrected chi connectivity index (χ4v) is 5.95. The van der Waals surface area contributed by atoms with E-state index in [2.05, 4.69) is 87.0 Å². The first-order valence-corrected chi connectivity index (χ1v) is 15.7. The highest BCUT2D eigenvalue weighted by molar-refractivity contribution is 7.99. The van der Waals surface area contributed by atoms with Gasteiger partial charge in [-0.25, -0.2) is 0 Å². The molecular weight excluding hydrogens is 540 g/mol. The molecule has 2 aliphatic rings. The minimum atomic E-state index is -0.500. The zero-order valence-electron chi connectivity index (χ0n) is 26.3. The molecule has 2 aliphatic heterocycles. The van der Waals surface area contributed by atoms with Crippen LogP contribution in [-0.4, -0.2) is 29.9 Å². The molecule has 42 heavy (non-hydrogen) atoms. The monoisotopic (exact) mass is 586 g/mol. The minimum absolute atomic E-state index is 0.181. The zero-order valence-corrected chi connectivity index (χ0v) is 27.2. The molecule has 3 aromatic rings. The van der Waals surface area contributed by atoms with Gasteiger partial charge in [0.2, 0.25) is 6.29 Å². The molecule has 5 rings (SSSR count). The number of carbonyl (C=O) groups excluding carboxylic acids is 1. The van der Waals surface area contributed by atoms with Gasteiger partial charge in [-0.2, -0.15) is 5.26 Å². The number of aliphatic hydroxyl groups is 1. The molecule has 6 heteroatoms. The van der Waals surface area contributed by atoms with E-state index in [1.165, 1.54) is 61.8 Å². The number of ether oxygens (including phenoxy) is 1. The predicted molar refractivity (Wildman–Crippen MR) is 179 cm³/mol. The number of rotatable bonds is 4. The maximum atomic E-state index is 8.81. The smallest absolute Gasteiger partial charge is 0.219 e. The van der Waals surface area contributed by atoms with Crippen LogP contribution >= 0.6 is 11.9 Å². The first-order chi connectivity index (χ1) is 20.1. The van der Waals surface area contributed by atoms with Crippen LogP contribution in [0.15, 0.2) is 55.6 Å². The molecule has 0 fully saturated rings. The lowest BCUT2D eigenvalue weighted by Gasteiger charge is -2.34. The number of benzene rings is 3. The number of aryl methyl sites for hydroxylation is 2. The van der Waals surface area contributed by atoms with E-state index in [9.17, 15) is 0 Å². The van der Waals surface area contributed by atoms with Crippen LogP contribution in [0.2, 0.25) is 0 Å². The van der Waals surface area contributed by atoms with Gasteiger partial charge < -0.3 is 14.1 Å². The summed E-state index contributed by atoms with van der Waals surface area (Å²) in [7, 11) is 0. The van der Waals surface area contributed by atoms with E-state index in [0.29, 0.717) is 0 Å². The third-order valence-electron chi connectivity index (χ3n) is 6.95. The lowest BCUT2D eigenvalue weighted by Crippen LogP contribution is -2.21. The molecule has 0 bridgehead atoms. The normalized spacial score (nSPS) is 12.6. The van der Waals surface area contributed by atoms with E-state index in [1.54, 1.807) is 20.8 Å². The van der Waals surface area contributed by atoms with Crippen LogP contribution in [0, 0.1) is 18.3 Å². The number of hydrogen-bond acceptors (Lipinski definition) is 6. The first kappa shape index (κ1) is 34.7. The summed E-state index contributed by atoms with van der Waals surface area (Å²) in [5.74, 6) is 1.06. The van der Waals surface area contributed by atoms with Crippen molar-refractivity contribution < 1.29 is 14.6 Å². The van der Waals surface area contributed by atoms with Crippen molar-refractivity contribution >= 4 is 23.9 Å². The van der Waals surface area contributed by atoms with E-state index in [-0.39, 0.29) is 6.29 Å². The van der Waals surface area contributed by atoms with Crippen molar-refractivity contribution in [1.29, 1.82) is 5.26 Å². The average molecular weight is 587 g/mol. The third-order valence-corrected chi connectivity index (χ3v) is 7.71. The highest BCUT2D eigenvalue weighted by Gasteiger charge is 2.27. The van der Waals surface area contributed by atoms with Crippen molar-refractivity contribution in [3.8, 4) is 34.1 Å². The Labute approximate surface area is 257 Å². The van der Waals surface area contributed by atoms with E-state index in [4.69, 9.17) is 19.9 Å². The van der Waals surface area contributed by atoms with Crippen molar-refractivity contribution in [2.45, 2.75) is 79.4 Å². The lowest BCUT2D eigenvalue weighted by molar-refractivity contribution is -0.103. The van der Waals surface area contributed by atoms with E-state index in [0.717, 1.165) is 44.6 Å². The van der Waals surface area contributed by atoms with Gasteiger partial charge in [-0.15, -0.1) is 13.2 Å². The van der Waals surface area contributed by atoms with Crippen LogP contribution in [0.25, 0.3) is 22.3 Å². The van der Waals surface area contributed by atoms with Crippen LogP contribution < -0.4 is 9.04 Å². The molecule has 0 saturated carbocycles. The molecule has 0 spiro atoms. The summed E-state index contributed by atoms with van der Waals surface area (Å²) in [5, 5.41) is 15.8. The van der Waals surface area contributed by atoms with Crippen LogP contribution in [0.3, 0.4) is 0 Å². The molecule has 0 atom stereocenters. The Bertz CT molecular complexity index is 1400. The fraction of sp³-hybridized carbons (Fsp3) is 0.389. The van der Waals surface area contributed by atoms with E-state index in [1.807, 2.05) is 11.9 Å². The molecule has 0 saturated heterocycles. The molecule has 2 heterocycles. The average Bonchev–Trinajstić information content (AvgIpc) is 3.00. The number of nitriles is 1. The van der Waals surface area contributed by atoms with Crippen LogP contribution in [0.5, 0.6) is 5.75 Å². The molecule has 3 aromatic carbocycles. The number of aldehydes is 1. The van der Waals surface area contributed by atoms with Crippen LogP contribution in [0.4, 0.5) is 5.69 Å². The predicted octanol–water partition coefficient (Wildman–Crippen LogP) is 8.67. The standard InChI is InChI=1S/C28H31NOS.C4H10O.C2HNO.C2H4/c1-5-19-9-11-24-22(14-19)17-29(31-4)28-18(3)23(6-2)25(16-26(24)28)20-10-12-27-21(15-20)8-7-13-30-27;1-4(2,3)5;3-1-2-4;1-2/h9-12,14-16H,5-8,13,17H2,1-4H3;5H,1-3H3;2H;1-2H2. The minimum Gasteiger partial charge on any atom is -0.493 e. The lowest BCUT2D eigenvalue weighted by atomic mass is 9.84. The summed E-state index contributed by atoms with van der Waals surface area (Å²) in [6, 6.07) is 17.6. The molecule has 5 nitrogen and oxygen atoms in total. The topological polar surface area (TPSA) is 73.6 Å². The summed E-state index contributed by atoms with van der Waals surface area (Å²) in [6.45, 7) is 19.9. The first-order valence-electron chi connectivity index (χ1n) is 14.5. The summed E-state index contributed by atoms with van der Waals surface area (Å²) in [4.78, 5) is 8.81. The van der Waals surface area contributed by atoms with Gasteiger partial charge in [-0.1, -0.05) is 50.1 Å². The SMILES string of the molecule is C=C.CC(C)(C)O.CCc1ccc2c(c1)CN(SC)c1c-2cc(-c2ccc3c(c2)CCCO3)c(CC)c1C.N#CC=O. The highest BCUT2D eigenvalue weighted by Crippen LogP contribution is 2.48. The fourth-order valence-electron chi connectivity index (χ4n) is 5.26. The maximum Gasteiger partial charge on any atom is 0.219 e. The molecule has 0 radical (unpaired) electrons. The summed E-state index contributed by atoms with van der Waals surface area (Å²) >= 11 is 1.84. The number of anilines is 1. The van der Waals surface area contributed by atoms with Gasteiger partial charge in [-0.05, 0) is 116 Å². The quantitative estimate of drug-likeness (QED) is 0.143. The largest absolute Gasteiger partial charge is 0.493 e. The van der Waals surface area contributed by atoms with Crippen LogP contribution in [0.1, 0.15) is 68.9 Å². The molecule has 1 N–H and O–H groups in total. The van der Waals surface area contributed by atoms with Gasteiger partial charge in [0.05, 0.1) is 24.4 Å². The van der Waals surface area contributed by atoms with Crippen molar-refractivity contribution in [2.75, 3.05) is 17.2 Å². The van der Waals surface area contributed by atoms with Gasteiger partial charge in [0.1, 0.15) is 11.8 Å². The Morgan fingerprint density at radius 1 is 1.05 bits per heavy atom. The Kier molecular flexibility index (Phi) is 13.4. The molecule has 224 valence electrons. The second-order valence-electron chi connectivity index (χ2n) is 11.0. The van der Waals surface area contributed by atoms with Crippen molar-refractivity contribution in [3.63, 3.8) is 0 Å². The summed E-state index contributed by atoms with van der Waals surface area (Å²) in [6.07, 6.45) is 6.70. The van der Waals surface area contributed by atoms with Gasteiger partial charge >= 0.3 is 0 Å². The number of hydrogen-bond donors (Lipinski definition) is 1. The second kappa shape index (κ2) is 16.2. The van der Waals surface area contributed by atoms with E-state index >= 15 is 0 Å². The Morgan fingerprint density at radius 3 is 2.29 bits per heavy atom. The molecular formula is C36H46N2O3S. The van der Waals surface area contributed by atoms with Gasteiger partial charge in [0, 0.05) is 11.8 Å². The maximum absolute atomic E-state index is 8.81. The van der Waals surface area contributed by atoms with E-state index < -0.39 is 5.60 Å². The molecule has 0 unspecified atom stereocenters. The number of fused-ring (bicyclic) bond motifs is 4. The number of carbonyl (C=O) groups is 1. The van der Waals surface area contributed by atoms with Crippen molar-refractivity contribution in [3.05, 3.63) is 83.4 Å². The van der Waals surface area contributed by atoms with Gasteiger partial charge in [0.25, 0.3) is 0 Å². The van der Waals surface area contributed by atoms with Crippen molar-refractivity contribution in [2.24, 2.45) is 0 Å². The Morgan fingerprint density at radius 2 is 1.71 bits per heavy atom. The highest BCUT2D eigenvalue weighted by atomic mass is 32.2. The summed E-state index contributed by atoms with van der Waals surface area (Å²) in [5.41, 5.74) is 13.4. The van der Waals surface area contributed by atoms with Gasteiger partial charge in [0.15, 0.2) is 0 Å². The molecule has 0 aliphatic carbocycles. The molecule has 0 aromatic heterocycles. The van der Waals surface area contributed by atoms with Crippen LogP contribution in [-0.2, 0) is 30.6 Å².